The molecule has 0 radical (unpaired) electrons. The summed E-state index contributed by atoms with van der Waals surface area (Å²) < 4.78 is 67.8. The van der Waals surface area contributed by atoms with E-state index in [0.717, 1.165) is 41.6 Å². The molecule has 20 nitrogen and oxygen atoms in total. The molecule has 2 heterocycles. The van der Waals surface area contributed by atoms with Gasteiger partial charge < -0.3 is 47.2 Å². The van der Waals surface area contributed by atoms with Gasteiger partial charge in [0.05, 0.1) is 51.9 Å². The number of nitrogens with one attached hydrogen (secondary N) is 2. The molecule has 0 aliphatic carbocycles. The van der Waals surface area contributed by atoms with Crippen molar-refractivity contribution in [2.75, 3.05) is 24.9 Å². The summed E-state index contributed by atoms with van der Waals surface area (Å²) in [6, 6.07) is 18.5. The van der Waals surface area contributed by atoms with Gasteiger partial charge in [0.2, 0.25) is 11.9 Å². The molecule has 4 aromatic carbocycles. The van der Waals surface area contributed by atoms with Gasteiger partial charge in [-0.15, -0.1) is 0 Å². The van der Waals surface area contributed by atoms with Gasteiger partial charge in [-0.1, -0.05) is 12.1 Å². The normalized spacial score (nSPS) is 10.7. The molecule has 0 spiro atoms. The van der Waals surface area contributed by atoms with Gasteiger partial charge in [0, 0.05) is 22.3 Å². The Bertz CT molecular complexity index is 2650. The van der Waals surface area contributed by atoms with Crippen LogP contribution >= 0.6 is 15.6 Å². The number of hydrogen-bond acceptors (Lipinski definition) is 16. The largest absolute Gasteiger partial charge is 1.00 e. The van der Waals surface area contributed by atoms with E-state index in [1.807, 2.05) is 0 Å². The van der Waals surface area contributed by atoms with Crippen molar-refractivity contribution < 1.29 is 193 Å². The summed E-state index contributed by atoms with van der Waals surface area (Å²) in [6.07, 6.45) is -1.79. The van der Waals surface area contributed by atoms with E-state index >= 15 is 0 Å². The van der Waals surface area contributed by atoms with E-state index in [-0.39, 0.29) is 174 Å². The van der Waals surface area contributed by atoms with Gasteiger partial charge in [-0.3, -0.25) is 29.4 Å². The summed E-state index contributed by atoms with van der Waals surface area (Å²) in [5, 5.41) is 4.52. The van der Waals surface area contributed by atoms with Crippen molar-refractivity contribution in [3.05, 3.63) is 119 Å². The number of imidazole rings is 2. The number of carbonyl (C=O) groups is 4. The molecule has 28 heteroatoms. The first-order valence-corrected chi connectivity index (χ1v) is 18.9. The molecule has 0 atom stereocenters. The van der Waals surface area contributed by atoms with Gasteiger partial charge in [0.25, 0.3) is 0 Å². The minimum atomic E-state index is -5.33. The number of phosphoric ester groups is 2. The number of nitrogens with zero attached hydrogens (tertiary/aromatic N) is 4. The van der Waals surface area contributed by atoms with Crippen molar-refractivity contribution in [3.8, 4) is 0 Å². The summed E-state index contributed by atoms with van der Waals surface area (Å²) in [4.78, 5) is 99.8. The van der Waals surface area contributed by atoms with E-state index in [9.17, 15) is 56.7 Å². The van der Waals surface area contributed by atoms with Crippen LogP contribution in [0.5, 0.6) is 0 Å². The number of ketones is 2. The van der Waals surface area contributed by atoms with Crippen LogP contribution in [-0.4, -0.2) is 57.1 Å². The topological polar surface area (TPSA) is 291 Å². The average molecular weight is 935 g/mol. The third-order valence-electron chi connectivity index (χ3n) is 7.70. The third-order valence-corrected chi connectivity index (χ3v) is 8.57. The van der Waals surface area contributed by atoms with Crippen LogP contribution in [0.15, 0.2) is 84.9 Å². The second-order valence-electron chi connectivity index (χ2n) is 11.5. The van der Waals surface area contributed by atoms with E-state index in [2.05, 4.69) is 39.1 Å². The van der Waals surface area contributed by atoms with E-state index in [4.69, 9.17) is 0 Å². The quantitative estimate of drug-likeness (QED) is 0.0655. The SMILES string of the molecule is COC(=O)Nc1nc2cc(C(=O)c3ccc(F)cc3)ccc2n1COP(=O)([O-])[O-].COC(=O)Nc1nc2ccc(C(=O)c3cccc(F)c3)cc2n1COP(=O)([O-])[O-].[Na+].[Na+].[Na+].[Na+]. The van der Waals surface area contributed by atoms with Crippen LogP contribution in [0.1, 0.15) is 31.8 Å². The number of anilines is 2. The fourth-order valence-electron chi connectivity index (χ4n) is 5.09. The monoisotopic (exact) mass is 934 g/mol. The summed E-state index contributed by atoms with van der Waals surface area (Å²) in [5.41, 5.74) is 1.65. The number of carbonyl (C=O) groups excluding carboxylic acids is 4. The molecule has 2 amide bonds. The molecule has 2 N–H and O–H groups in total. The fourth-order valence-corrected chi connectivity index (χ4v) is 5.61. The number of halogens is 2. The number of phosphoric acid groups is 2. The molecule has 6 rings (SSSR count). The average Bonchev–Trinajstić information content (AvgIpc) is 3.70. The first-order valence-electron chi connectivity index (χ1n) is 16.0. The van der Waals surface area contributed by atoms with Crippen LogP contribution in [-0.2, 0) is 41.1 Å². The van der Waals surface area contributed by atoms with Gasteiger partial charge in [-0.25, -0.2) is 28.3 Å². The van der Waals surface area contributed by atoms with Gasteiger partial charge in [-0.05, 0) is 72.8 Å². The Morgan fingerprint density at radius 1 is 0.581 bits per heavy atom. The van der Waals surface area contributed by atoms with Gasteiger partial charge in [0.15, 0.2) is 11.6 Å². The molecule has 62 heavy (non-hydrogen) atoms. The number of hydrogen-bond donors (Lipinski definition) is 2. The van der Waals surface area contributed by atoms with Crippen LogP contribution in [0.4, 0.5) is 30.3 Å². The maximum absolute atomic E-state index is 13.4. The Hall–Kier alpha value is -2.22. The second-order valence-corrected chi connectivity index (χ2v) is 13.8. The van der Waals surface area contributed by atoms with Crippen LogP contribution in [0.25, 0.3) is 22.1 Å². The van der Waals surface area contributed by atoms with Crippen LogP contribution < -0.4 is 148 Å². The number of methoxy groups -OCH3 is 2. The molecule has 0 saturated heterocycles. The van der Waals surface area contributed by atoms with E-state index in [1.165, 1.54) is 66.7 Å². The number of fused-ring (bicyclic) bond motifs is 2. The zero-order valence-corrected chi connectivity index (χ0v) is 43.4. The Morgan fingerprint density at radius 3 is 1.55 bits per heavy atom. The molecule has 0 unspecified atom stereocenters. The Morgan fingerprint density at radius 2 is 1.03 bits per heavy atom. The van der Waals surface area contributed by atoms with Crippen LogP contribution in [0, 0.1) is 11.6 Å². The standard InChI is InChI=1S/2C17H15FN3O7P.4Na/c1-27-17(23)20-16-19-13-8-11(15(22)10-2-5-12(18)6-3-10)4-7-14(13)21(16)9-28-29(24,25)26;1-27-17(23)20-16-19-13-6-5-11(15(22)10-3-2-4-12(18)7-10)8-14(13)21(16)9-28-29(24,25)26;;;;/h2*2-8H,9H2,1H3,(H,19,20,23)(H2,24,25,26);;;;/q;;4*+1/p-4. The first-order chi connectivity index (χ1) is 27.3. The Kier molecular flexibility index (Phi) is 23.7. The number of amides is 2. The molecule has 0 bridgehead atoms. The summed E-state index contributed by atoms with van der Waals surface area (Å²) >= 11 is 0. The van der Waals surface area contributed by atoms with E-state index in [1.54, 1.807) is 0 Å². The molecule has 6 aromatic rings. The van der Waals surface area contributed by atoms with Gasteiger partial charge in [-0.2, -0.15) is 0 Å². The Balaban J connectivity index is 0.000000582. The zero-order chi connectivity index (χ0) is 42.4. The molecular weight excluding hydrogens is 908 g/mol. The van der Waals surface area contributed by atoms with Gasteiger partial charge in [0.1, 0.15) is 25.1 Å². The zero-order valence-electron chi connectivity index (χ0n) is 33.7. The summed E-state index contributed by atoms with van der Waals surface area (Å²) in [6.45, 7) is -1.54. The molecule has 2 aromatic heterocycles. The number of ether oxygens (including phenoxy) is 2. The number of rotatable bonds is 12. The van der Waals surface area contributed by atoms with Crippen LogP contribution in [0.3, 0.4) is 0 Å². The summed E-state index contributed by atoms with van der Waals surface area (Å²) in [7, 11) is -8.40. The van der Waals surface area contributed by atoms with Crippen molar-refractivity contribution >= 4 is 73.4 Å². The van der Waals surface area contributed by atoms with Crippen LogP contribution in [0.2, 0.25) is 0 Å². The molecule has 304 valence electrons. The summed E-state index contributed by atoms with van der Waals surface area (Å²) in [5.74, 6) is -2.29. The maximum Gasteiger partial charge on any atom is 1.00 e. The molecular formula is C34H26F2N6Na4O14P2. The van der Waals surface area contributed by atoms with Crippen molar-refractivity contribution in [2.24, 2.45) is 0 Å². The maximum atomic E-state index is 13.4. The first kappa shape index (κ1) is 57.8. The predicted octanol–water partition coefficient (Wildman–Crippen LogP) is -9.21. The molecule has 0 aliphatic heterocycles. The minimum Gasteiger partial charge on any atom is -0.790 e. The van der Waals surface area contributed by atoms with Crippen molar-refractivity contribution in [1.82, 2.24) is 19.1 Å². The molecule has 0 saturated carbocycles. The second kappa shape index (κ2) is 25.5. The molecule has 0 fully saturated rings. The minimum absolute atomic E-state index is 0. The number of aromatic nitrogens is 4. The predicted molar refractivity (Wildman–Crippen MR) is 189 cm³/mol. The molecule has 0 aliphatic rings. The van der Waals surface area contributed by atoms with Crippen molar-refractivity contribution in [3.63, 3.8) is 0 Å². The smallest absolute Gasteiger partial charge is 0.790 e. The van der Waals surface area contributed by atoms with E-state index in [0.29, 0.717) is 0 Å². The van der Waals surface area contributed by atoms with Crippen molar-refractivity contribution in [2.45, 2.75) is 13.5 Å². The Labute approximate surface area is 438 Å². The number of benzene rings is 4. The van der Waals surface area contributed by atoms with Crippen molar-refractivity contribution in [1.29, 1.82) is 0 Å². The fraction of sp³-hybridized carbons (Fsp3) is 0.118. The third kappa shape index (κ3) is 16.0. The van der Waals surface area contributed by atoms with Gasteiger partial charge >= 0.3 is 130 Å². The van der Waals surface area contributed by atoms with E-state index < -0.39 is 64.5 Å².